The van der Waals surface area contributed by atoms with Crippen molar-refractivity contribution in [2.75, 3.05) is 13.1 Å². The molecule has 0 aliphatic carbocycles. The molecule has 6 heteroatoms. The van der Waals surface area contributed by atoms with Gasteiger partial charge in [0.25, 0.3) is 0 Å². The van der Waals surface area contributed by atoms with Gasteiger partial charge in [-0.1, -0.05) is 11.3 Å². The van der Waals surface area contributed by atoms with Crippen LogP contribution in [0.15, 0.2) is 0 Å². The molecule has 2 rings (SSSR count). The first kappa shape index (κ1) is 13.4. The normalized spacial score (nSPS) is 17.7. The molecule has 1 aromatic heterocycles. The molecule has 0 spiro atoms. The van der Waals surface area contributed by atoms with E-state index in [1.165, 1.54) is 11.3 Å². The summed E-state index contributed by atoms with van der Waals surface area (Å²) in [5.41, 5.74) is -0.488. The van der Waals surface area contributed by atoms with Crippen molar-refractivity contribution in [1.82, 2.24) is 15.5 Å². The average molecular weight is 269 g/mol. The van der Waals surface area contributed by atoms with E-state index in [4.69, 9.17) is 4.74 Å². The van der Waals surface area contributed by atoms with Crippen molar-refractivity contribution in [3.63, 3.8) is 0 Å². The molecule has 1 aliphatic rings. The number of hydrogen-bond acceptors (Lipinski definition) is 6. The molecule has 1 aliphatic heterocycles. The summed E-state index contributed by atoms with van der Waals surface area (Å²) in [5.74, 6) is 0.0557. The molecule has 18 heavy (non-hydrogen) atoms. The van der Waals surface area contributed by atoms with Gasteiger partial charge in [0.2, 0.25) is 5.01 Å². The van der Waals surface area contributed by atoms with Crippen LogP contribution in [0.1, 0.15) is 54.3 Å². The second-order valence-electron chi connectivity index (χ2n) is 5.47. The van der Waals surface area contributed by atoms with E-state index in [0.717, 1.165) is 30.9 Å². The summed E-state index contributed by atoms with van der Waals surface area (Å²) in [4.78, 5) is 11.8. The number of carbonyl (C=O) groups is 1. The first-order chi connectivity index (χ1) is 8.46. The van der Waals surface area contributed by atoms with Gasteiger partial charge in [-0.15, -0.1) is 10.2 Å². The molecule has 0 unspecified atom stereocenters. The van der Waals surface area contributed by atoms with Crippen LogP contribution in [-0.4, -0.2) is 34.9 Å². The first-order valence-corrected chi connectivity index (χ1v) is 7.05. The fourth-order valence-electron chi connectivity index (χ4n) is 1.87. The second kappa shape index (κ2) is 5.32. The smallest absolute Gasteiger partial charge is 0.369 e. The van der Waals surface area contributed by atoms with Crippen LogP contribution in [-0.2, 0) is 4.74 Å². The average Bonchev–Trinajstić information content (AvgIpc) is 2.77. The van der Waals surface area contributed by atoms with E-state index in [2.05, 4.69) is 15.5 Å². The Morgan fingerprint density at radius 3 is 2.61 bits per heavy atom. The lowest BCUT2D eigenvalue weighted by molar-refractivity contribution is 0.00683. The zero-order valence-electron chi connectivity index (χ0n) is 11.0. The number of piperidine rings is 1. The molecule has 0 atom stereocenters. The molecule has 1 saturated heterocycles. The molecule has 100 valence electrons. The van der Waals surface area contributed by atoms with E-state index in [-0.39, 0.29) is 5.97 Å². The number of esters is 1. The first-order valence-electron chi connectivity index (χ1n) is 6.23. The summed E-state index contributed by atoms with van der Waals surface area (Å²) in [6.45, 7) is 7.55. The molecule has 1 aromatic rings. The van der Waals surface area contributed by atoms with Gasteiger partial charge < -0.3 is 10.1 Å². The molecule has 1 N–H and O–H groups in total. The van der Waals surface area contributed by atoms with Gasteiger partial charge >= 0.3 is 5.97 Å². The van der Waals surface area contributed by atoms with Gasteiger partial charge in [0.05, 0.1) is 0 Å². The predicted molar refractivity (Wildman–Crippen MR) is 69.9 cm³/mol. The zero-order valence-corrected chi connectivity index (χ0v) is 11.8. The number of rotatable bonds is 2. The van der Waals surface area contributed by atoms with Crippen molar-refractivity contribution in [2.45, 2.75) is 45.1 Å². The molecule has 0 radical (unpaired) electrons. The molecule has 0 aromatic carbocycles. The second-order valence-corrected chi connectivity index (χ2v) is 6.48. The maximum atomic E-state index is 11.8. The van der Waals surface area contributed by atoms with E-state index < -0.39 is 5.60 Å². The van der Waals surface area contributed by atoms with Crippen molar-refractivity contribution in [3.05, 3.63) is 10.0 Å². The molecule has 0 saturated carbocycles. The molecule has 2 heterocycles. The maximum Gasteiger partial charge on any atom is 0.369 e. The number of ether oxygens (including phenoxy) is 1. The fraction of sp³-hybridized carbons (Fsp3) is 0.750. The van der Waals surface area contributed by atoms with Crippen molar-refractivity contribution in [1.29, 1.82) is 0 Å². The predicted octanol–water partition coefficient (Wildman–Crippen LogP) is 1.96. The Labute approximate surface area is 111 Å². The minimum Gasteiger partial charge on any atom is -0.455 e. The third-order valence-corrected chi connectivity index (χ3v) is 3.77. The summed E-state index contributed by atoms with van der Waals surface area (Å²) in [6, 6.07) is 0. The van der Waals surface area contributed by atoms with E-state index in [1.807, 2.05) is 20.8 Å². The highest BCUT2D eigenvalue weighted by Gasteiger charge is 2.24. The Kier molecular flexibility index (Phi) is 3.97. The lowest BCUT2D eigenvalue weighted by atomic mass is 9.99. The van der Waals surface area contributed by atoms with Gasteiger partial charge in [-0.3, -0.25) is 0 Å². The molecule has 0 amide bonds. The monoisotopic (exact) mass is 269 g/mol. The number of carbonyl (C=O) groups excluding carboxylic acids is 1. The number of hydrogen-bond donors (Lipinski definition) is 1. The van der Waals surface area contributed by atoms with Crippen LogP contribution in [0.25, 0.3) is 0 Å². The van der Waals surface area contributed by atoms with Gasteiger partial charge in [0.1, 0.15) is 10.6 Å². The molecule has 0 bridgehead atoms. The van der Waals surface area contributed by atoms with Gasteiger partial charge in [-0.25, -0.2) is 4.79 Å². The van der Waals surface area contributed by atoms with Crippen LogP contribution in [0.2, 0.25) is 0 Å². The summed E-state index contributed by atoms with van der Waals surface area (Å²) in [5, 5.41) is 12.7. The highest BCUT2D eigenvalue weighted by Crippen LogP contribution is 2.28. The van der Waals surface area contributed by atoms with Crippen LogP contribution >= 0.6 is 11.3 Å². The zero-order chi connectivity index (χ0) is 13.2. The topological polar surface area (TPSA) is 64.1 Å². The van der Waals surface area contributed by atoms with Gasteiger partial charge in [0.15, 0.2) is 0 Å². The summed E-state index contributed by atoms with van der Waals surface area (Å²) in [7, 11) is 0. The number of nitrogens with zero attached hydrogens (tertiary/aromatic N) is 2. The summed E-state index contributed by atoms with van der Waals surface area (Å²) < 4.78 is 5.28. The minimum absolute atomic E-state index is 0.360. The van der Waals surface area contributed by atoms with Crippen molar-refractivity contribution < 1.29 is 9.53 Å². The Morgan fingerprint density at radius 1 is 1.33 bits per heavy atom. The van der Waals surface area contributed by atoms with Crippen LogP contribution in [0.4, 0.5) is 0 Å². The molecular formula is C12H19N3O2S. The van der Waals surface area contributed by atoms with Crippen LogP contribution in [0.5, 0.6) is 0 Å². The van der Waals surface area contributed by atoms with E-state index in [9.17, 15) is 4.79 Å². The fourth-order valence-corrected chi connectivity index (χ4v) is 2.76. The van der Waals surface area contributed by atoms with Crippen LogP contribution in [0.3, 0.4) is 0 Å². The number of aromatic nitrogens is 2. The third-order valence-electron chi connectivity index (χ3n) is 2.70. The highest BCUT2D eigenvalue weighted by atomic mass is 32.1. The van der Waals surface area contributed by atoms with E-state index in [0.29, 0.717) is 10.9 Å². The van der Waals surface area contributed by atoms with Crippen molar-refractivity contribution >= 4 is 17.3 Å². The van der Waals surface area contributed by atoms with Gasteiger partial charge in [-0.05, 0) is 46.7 Å². The van der Waals surface area contributed by atoms with E-state index in [1.54, 1.807) is 0 Å². The largest absolute Gasteiger partial charge is 0.455 e. The Morgan fingerprint density at radius 2 is 2.00 bits per heavy atom. The molecule has 5 nitrogen and oxygen atoms in total. The third kappa shape index (κ3) is 3.49. The summed E-state index contributed by atoms with van der Waals surface area (Å²) in [6.07, 6.45) is 2.12. The van der Waals surface area contributed by atoms with Gasteiger partial charge in [0, 0.05) is 5.92 Å². The summed E-state index contributed by atoms with van der Waals surface area (Å²) >= 11 is 1.36. The minimum atomic E-state index is -0.488. The quantitative estimate of drug-likeness (QED) is 0.831. The van der Waals surface area contributed by atoms with Crippen molar-refractivity contribution in [3.8, 4) is 0 Å². The van der Waals surface area contributed by atoms with Crippen LogP contribution < -0.4 is 5.32 Å². The standard InChI is InChI=1S/C12H19N3O2S/c1-12(2,3)17-11(16)10-15-14-9(18-10)8-4-6-13-7-5-8/h8,13H,4-7H2,1-3H3. The lowest BCUT2D eigenvalue weighted by Crippen LogP contribution is -2.26. The van der Waals surface area contributed by atoms with E-state index >= 15 is 0 Å². The lowest BCUT2D eigenvalue weighted by Gasteiger charge is -2.19. The van der Waals surface area contributed by atoms with Crippen molar-refractivity contribution in [2.24, 2.45) is 0 Å². The Balaban J connectivity index is 2.03. The molecular weight excluding hydrogens is 250 g/mol. The SMILES string of the molecule is CC(C)(C)OC(=O)c1nnc(C2CCNCC2)s1. The number of nitrogens with one attached hydrogen (secondary N) is 1. The Hall–Kier alpha value is -1.01. The van der Waals surface area contributed by atoms with Gasteiger partial charge in [-0.2, -0.15) is 0 Å². The molecule has 1 fully saturated rings. The highest BCUT2D eigenvalue weighted by molar-refractivity contribution is 7.13. The van der Waals surface area contributed by atoms with Crippen LogP contribution in [0, 0.1) is 0 Å². The Bertz CT molecular complexity index is 419. The maximum absolute atomic E-state index is 11.8.